The van der Waals surface area contributed by atoms with Crippen molar-refractivity contribution in [3.05, 3.63) is 113 Å². The Bertz CT molecular complexity index is 1600. The summed E-state index contributed by atoms with van der Waals surface area (Å²) in [4.78, 5) is 20.5. The Balaban J connectivity index is 1.64. The minimum atomic E-state index is -0.519. The number of nitrogens with zero attached hydrogens (tertiary/aromatic N) is 3. The van der Waals surface area contributed by atoms with Crippen molar-refractivity contribution >= 4 is 22.4 Å². The summed E-state index contributed by atoms with van der Waals surface area (Å²) in [6.07, 6.45) is 1.75. The van der Waals surface area contributed by atoms with E-state index in [2.05, 4.69) is 4.98 Å². The second-order valence-electron chi connectivity index (χ2n) is 8.58. The number of nitrogen functional groups attached to an aromatic ring is 1. The maximum absolute atomic E-state index is 13.8. The molecule has 0 radical (unpaired) electrons. The third-order valence-corrected chi connectivity index (χ3v) is 6.16. The van der Waals surface area contributed by atoms with Crippen LogP contribution >= 0.6 is 0 Å². The molecule has 7 heteroatoms. The molecule has 2 N–H and O–H groups in total. The summed E-state index contributed by atoms with van der Waals surface area (Å²) >= 11 is 0. The van der Waals surface area contributed by atoms with E-state index in [1.54, 1.807) is 30.0 Å². The topological polar surface area (TPSA) is 73.4 Å². The second kappa shape index (κ2) is 9.54. The molecule has 2 aromatic heterocycles. The molecular weight excluding hydrogens is 455 g/mol. The van der Waals surface area contributed by atoms with Gasteiger partial charge in [0.05, 0.1) is 18.3 Å². The van der Waals surface area contributed by atoms with Crippen LogP contribution < -0.4 is 20.9 Å². The van der Waals surface area contributed by atoms with E-state index in [0.29, 0.717) is 17.7 Å². The molecule has 180 valence electrons. The average Bonchev–Trinajstić information content (AvgIpc) is 2.90. The van der Waals surface area contributed by atoms with Crippen LogP contribution in [-0.4, -0.2) is 23.7 Å². The molecular formula is C29H25FN4O2. The third-order valence-electron chi connectivity index (χ3n) is 6.16. The van der Waals surface area contributed by atoms with Gasteiger partial charge in [0.1, 0.15) is 17.4 Å². The first kappa shape index (κ1) is 23.1. The highest BCUT2D eigenvalue weighted by Crippen LogP contribution is 2.27. The Morgan fingerprint density at radius 3 is 2.44 bits per heavy atom. The van der Waals surface area contributed by atoms with Gasteiger partial charge in [-0.2, -0.15) is 0 Å². The van der Waals surface area contributed by atoms with Gasteiger partial charge in [-0.1, -0.05) is 36.4 Å². The van der Waals surface area contributed by atoms with Crippen LogP contribution in [0.3, 0.4) is 0 Å². The van der Waals surface area contributed by atoms with Crippen LogP contribution in [-0.2, 0) is 6.54 Å². The molecule has 0 bridgehead atoms. The van der Waals surface area contributed by atoms with E-state index in [4.69, 9.17) is 10.5 Å². The fraction of sp³-hybridized carbons (Fsp3) is 0.103. The van der Waals surface area contributed by atoms with E-state index in [1.807, 2.05) is 72.6 Å². The lowest BCUT2D eigenvalue weighted by atomic mass is 10.0. The summed E-state index contributed by atoms with van der Waals surface area (Å²) in [5.41, 5.74) is 9.06. The zero-order valence-corrected chi connectivity index (χ0v) is 20.0. The van der Waals surface area contributed by atoms with Gasteiger partial charge in [-0.3, -0.25) is 9.36 Å². The lowest BCUT2D eigenvalue weighted by Crippen LogP contribution is -2.22. The van der Waals surface area contributed by atoms with Crippen LogP contribution in [0, 0.1) is 5.82 Å². The fourth-order valence-electron chi connectivity index (χ4n) is 4.24. The second-order valence-corrected chi connectivity index (χ2v) is 8.58. The normalized spacial score (nSPS) is 11.0. The number of aromatic nitrogens is 2. The molecule has 0 unspecified atom stereocenters. The molecule has 2 heterocycles. The zero-order valence-electron chi connectivity index (χ0n) is 20.0. The summed E-state index contributed by atoms with van der Waals surface area (Å²) in [7, 11) is 3.60. The molecule has 0 atom stereocenters. The largest absolute Gasteiger partial charge is 0.497 e. The van der Waals surface area contributed by atoms with Crippen molar-refractivity contribution in [2.45, 2.75) is 6.54 Å². The van der Waals surface area contributed by atoms with E-state index >= 15 is 0 Å². The molecule has 6 nitrogen and oxygen atoms in total. The highest BCUT2D eigenvalue weighted by Gasteiger charge is 2.16. The minimum absolute atomic E-state index is 0.00751. The lowest BCUT2D eigenvalue weighted by Gasteiger charge is -2.20. The molecule has 0 aliphatic rings. The highest BCUT2D eigenvalue weighted by molar-refractivity contribution is 5.87. The van der Waals surface area contributed by atoms with E-state index in [9.17, 15) is 9.18 Å². The van der Waals surface area contributed by atoms with Crippen molar-refractivity contribution in [1.82, 2.24) is 9.55 Å². The van der Waals surface area contributed by atoms with E-state index in [0.717, 1.165) is 33.7 Å². The number of rotatable bonds is 6. The predicted octanol–water partition coefficient (Wildman–Crippen LogP) is 5.42. The van der Waals surface area contributed by atoms with Gasteiger partial charge in [-0.15, -0.1) is 0 Å². The number of nitrogens with two attached hydrogens (primary N) is 1. The number of hydrogen-bond acceptors (Lipinski definition) is 5. The third kappa shape index (κ3) is 4.38. The number of hydrogen-bond donors (Lipinski definition) is 1. The van der Waals surface area contributed by atoms with Gasteiger partial charge in [-0.25, -0.2) is 9.37 Å². The van der Waals surface area contributed by atoms with Gasteiger partial charge < -0.3 is 15.4 Å². The molecule has 5 rings (SSSR count). The van der Waals surface area contributed by atoms with E-state index < -0.39 is 5.82 Å². The maximum atomic E-state index is 13.8. The van der Waals surface area contributed by atoms with Crippen molar-refractivity contribution in [1.29, 1.82) is 0 Å². The van der Waals surface area contributed by atoms with Gasteiger partial charge in [-0.05, 0) is 53.6 Å². The number of pyridine rings is 2. The molecule has 0 spiro atoms. The van der Waals surface area contributed by atoms with Crippen LogP contribution in [0.25, 0.3) is 27.7 Å². The Morgan fingerprint density at radius 2 is 1.75 bits per heavy atom. The fourth-order valence-corrected chi connectivity index (χ4v) is 4.24. The van der Waals surface area contributed by atoms with Gasteiger partial charge in [0.15, 0.2) is 0 Å². The van der Waals surface area contributed by atoms with Crippen LogP contribution in [0.4, 0.5) is 15.9 Å². The van der Waals surface area contributed by atoms with Gasteiger partial charge in [0.2, 0.25) is 0 Å². The highest BCUT2D eigenvalue weighted by atomic mass is 19.1. The van der Waals surface area contributed by atoms with Crippen molar-refractivity contribution < 1.29 is 9.13 Å². The number of para-hydroxylation sites is 1. The van der Waals surface area contributed by atoms with Gasteiger partial charge >= 0.3 is 0 Å². The van der Waals surface area contributed by atoms with Crippen molar-refractivity contribution in [2.75, 3.05) is 24.8 Å². The average molecular weight is 481 g/mol. The van der Waals surface area contributed by atoms with Crippen LogP contribution in [0.5, 0.6) is 5.75 Å². The number of methoxy groups -OCH3 is 1. The molecule has 3 aromatic carbocycles. The van der Waals surface area contributed by atoms with Crippen molar-refractivity contribution in [2.24, 2.45) is 0 Å². The summed E-state index contributed by atoms with van der Waals surface area (Å²) in [5.74, 6) is 1.01. The first-order valence-electron chi connectivity index (χ1n) is 11.5. The standard InChI is InChI=1S/C29H25FN4O2/c1-33(18-19-8-11-23(36-2)12-9-19)28-16-27-21(17-32-28)14-24(20-10-13-25(30)26(31)15-20)29(35)34(27)22-6-4-3-5-7-22/h3-17H,18,31H2,1-2H3. The quantitative estimate of drug-likeness (QED) is 0.329. The Morgan fingerprint density at radius 1 is 1.00 bits per heavy atom. The smallest absolute Gasteiger partial charge is 0.263 e. The minimum Gasteiger partial charge on any atom is -0.497 e. The molecule has 0 aliphatic heterocycles. The van der Waals surface area contributed by atoms with Crippen molar-refractivity contribution in [3.63, 3.8) is 0 Å². The molecule has 0 saturated heterocycles. The molecule has 0 aliphatic carbocycles. The summed E-state index contributed by atoms with van der Waals surface area (Å²) in [5, 5.41) is 0.776. The molecule has 5 aromatic rings. The van der Waals surface area contributed by atoms with Crippen LogP contribution in [0.1, 0.15) is 5.56 Å². The molecule has 0 saturated carbocycles. The number of benzene rings is 3. The summed E-state index contributed by atoms with van der Waals surface area (Å²) in [6.45, 7) is 0.630. The molecule has 0 amide bonds. The first-order valence-corrected chi connectivity index (χ1v) is 11.5. The van der Waals surface area contributed by atoms with Crippen LogP contribution in [0.2, 0.25) is 0 Å². The molecule has 0 fully saturated rings. The van der Waals surface area contributed by atoms with Crippen LogP contribution in [0.15, 0.2) is 95.9 Å². The Labute approximate surface area is 208 Å². The zero-order chi connectivity index (χ0) is 25.2. The number of halogens is 1. The number of fused-ring (bicyclic) bond motifs is 1. The number of ether oxygens (including phenoxy) is 1. The van der Waals surface area contributed by atoms with Gasteiger partial charge in [0, 0.05) is 42.5 Å². The van der Waals surface area contributed by atoms with E-state index in [-0.39, 0.29) is 11.2 Å². The maximum Gasteiger partial charge on any atom is 0.263 e. The lowest BCUT2D eigenvalue weighted by molar-refractivity contribution is 0.414. The monoisotopic (exact) mass is 480 g/mol. The predicted molar refractivity (Wildman–Crippen MR) is 142 cm³/mol. The van der Waals surface area contributed by atoms with E-state index in [1.165, 1.54) is 12.1 Å². The van der Waals surface area contributed by atoms with Gasteiger partial charge in [0.25, 0.3) is 5.56 Å². The molecule has 36 heavy (non-hydrogen) atoms. The SMILES string of the molecule is COc1ccc(CN(C)c2cc3c(cn2)cc(-c2ccc(F)c(N)c2)c(=O)n3-c2ccccc2)cc1. The first-order chi connectivity index (χ1) is 17.4. The number of anilines is 2. The summed E-state index contributed by atoms with van der Waals surface area (Å²) in [6, 6.07) is 25.3. The Hall–Kier alpha value is -4.65. The van der Waals surface area contributed by atoms with Crippen molar-refractivity contribution in [3.8, 4) is 22.6 Å². The Kier molecular flexibility index (Phi) is 6.12. The summed E-state index contributed by atoms with van der Waals surface area (Å²) < 4.78 is 20.7.